The van der Waals surface area contributed by atoms with Gasteiger partial charge in [0.15, 0.2) is 0 Å². The number of hydrogen-bond acceptors (Lipinski definition) is 3. The van der Waals surface area contributed by atoms with Crippen molar-refractivity contribution in [3.63, 3.8) is 0 Å². The molecule has 0 amide bonds. The monoisotopic (exact) mass is 211 g/mol. The third-order valence-corrected chi connectivity index (χ3v) is 2.79. The van der Waals surface area contributed by atoms with Gasteiger partial charge in [-0.3, -0.25) is 0 Å². The summed E-state index contributed by atoms with van der Waals surface area (Å²) in [7, 11) is 0. The predicted molar refractivity (Wildman–Crippen MR) is 60.4 cm³/mol. The van der Waals surface area contributed by atoms with E-state index in [0.29, 0.717) is 19.0 Å². The lowest BCUT2D eigenvalue weighted by molar-refractivity contribution is 0.101. The summed E-state index contributed by atoms with van der Waals surface area (Å²) in [6.45, 7) is 5.55. The van der Waals surface area contributed by atoms with E-state index < -0.39 is 0 Å². The van der Waals surface area contributed by atoms with Crippen LogP contribution in [0.5, 0.6) is 0 Å². The molecule has 1 unspecified atom stereocenters. The molecule has 0 fully saturated rings. The fourth-order valence-electron chi connectivity index (χ4n) is 1.73. The molecule has 15 heavy (non-hydrogen) atoms. The first-order valence-electron chi connectivity index (χ1n) is 5.64. The molecule has 0 aliphatic rings. The molecule has 0 radical (unpaired) electrons. The predicted octanol–water partition coefficient (Wildman–Crippen LogP) is 1.30. The molecule has 86 valence electrons. The Hall–Kier alpha value is -0.870. The summed E-state index contributed by atoms with van der Waals surface area (Å²) in [5.41, 5.74) is 0. The third kappa shape index (κ3) is 4.01. The van der Waals surface area contributed by atoms with Crippen LogP contribution in [0.1, 0.15) is 32.5 Å². The van der Waals surface area contributed by atoms with Crippen LogP contribution in [0.25, 0.3) is 0 Å². The Morgan fingerprint density at radius 1 is 1.47 bits per heavy atom. The second kappa shape index (κ2) is 6.58. The van der Waals surface area contributed by atoms with E-state index in [2.05, 4.69) is 29.1 Å². The second-order valence-corrected chi connectivity index (χ2v) is 3.81. The first kappa shape index (κ1) is 12.2. The number of nitrogens with zero attached hydrogens (tertiary/aromatic N) is 1. The van der Waals surface area contributed by atoms with Crippen molar-refractivity contribution in [3.8, 4) is 0 Å². The van der Waals surface area contributed by atoms with Crippen molar-refractivity contribution in [2.24, 2.45) is 5.92 Å². The van der Waals surface area contributed by atoms with Gasteiger partial charge < -0.3 is 15.4 Å². The zero-order valence-corrected chi connectivity index (χ0v) is 9.53. The van der Waals surface area contributed by atoms with Gasteiger partial charge in [-0.2, -0.15) is 0 Å². The van der Waals surface area contributed by atoms with Gasteiger partial charge >= 0.3 is 0 Å². The van der Waals surface area contributed by atoms with Crippen molar-refractivity contribution in [1.29, 1.82) is 0 Å². The minimum Gasteiger partial charge on any atom is -0.392 e. The van der Waals surface area contributed by atoms with Crippen LogP contribution in [0, 0.1) is 5.92 Å². The normalized spacial score (nSPS) is 13.3. The number of aliphatic hydroxyl groups excluding tert-OH is 1. The molecule has 1 heterocycles. The van der Waals surface area contributed by atoms with Gasteiger partial charge in [0.1, 0.15) is 5.82 Å². The molecule has 0 aliphatic carbocycles. The van der Waals surface area contributed by atoms with E-state index in [4.69, 9.17) is 0 Å². The fourth-order valence-corrected chi connectivity index (χ4v) is 1.73. The molecule has 4 heteroatoms. The van der Waals surface area contributed by atoms with Gasteiger partial charge in [0.25, 0.3) is 0 Å². The topological polar surface area (TPSA) is 60.9 Å². The quantitative estimate of drug-likeness (QED) is 0.637. The maximum Gasteiger partial charge on any atom is 0.120 e. The van der Waals surface area contributed by atoms with Gasteiger partial charge in [0.05, 0.1) is 12.6 Å². The number of aliphatic hydroxyl groups is 1. The molecule has 0 spiro atoms. The molecule has 1 aromatic rings. The lowest BCUT2D eigenvalue weighted by atomic mass is 9.97. The van der Waals surface area contributed by atoms with Crippen LogP contribution in [0.2, 0.25) is 0 Å². The van der Waals surface area contributed by atoms with Gasteiger partial charge in [0, 0.05) is 18.9 Å². The van der Waals surface area contributed by atoms with Crippen molar-refractivity contribution in [3.05, 3.63) is 18.2 Å². The summed E-state index contributed by atoms with van der Waals surface area (Å²) >= 11 is 0. The average Bonchev–Trinajstić information content (AvgIpc) is 2.72. The van der Waals surface area contributed by atoms with Crippen molar-refractivity contribution < 1.29 is 5.11 Å². The van der Waals surface area contributed by atoms with E-state index in [1.165, 1.54) is 0 Å². The zero-order valence-electron chi connectivity index (χ0n) is 9.53. The Morgan fingerprint density at radius 2 is 2.20 bits per heavy atom. The molecule has 0 aliphatic heterocycles. The van der Waals surface area contributed by atoms with E-state index >= 15 is 0 Å². The Balaban J connectivity index is 2.19. The standard InChI is InChI=1S/C11H21N3O/c1-3-9(4-2)10(15)7-12-8-11-13-5-6-14-11/h5-6,9-10,12,15H,3-4,7-8H2,1-2H3,(H,13,14). The summed E-state index contributed by atoms with van der Waals surface area (Å²) in [6.07, 6.45) is 5.33. The number of aromatic amines is 1. The maximum atomic E-state index is 9.84. The molecule has 0 bridgehead atoms. The van der Waals surface area contributed by atoms with Crippen molar-refractivity contribution in [2.75, 3.05) is 6.54 Å². The average molecular weight is 211 g/mol. The SMILES string of the molecule is CCC(CC)C(O)CNCc1ncc[nH]1. The molecular formula is C11H21N3O. The smallest absolute Gasteiger partial charge is 0.120 e. The van der Waals surface area contributed by atoms with E-state index in [1.54, 1.807) is 12.4 Å². The highest BCUT2D eigenvalue weighted by atomic mass is 16.3. The van der Waals surface area contributed by atoms with Crippen molar-refractivity contribution in [1.82, 2.24) is 15.3 Å². The van der Waals surface area contributed by atoms with Gasteiger partial charge in [0.2, 0.25) is 0 Å². The number of hydrogen-bond donors (Lipinski definition) is 3. The van der Waals surface area contributed by atoms with Gasteiger partial charge in [-0.1, -0.05) is 26.7 Å². The van der Waals surface area contributed by atoms with Crippen LogP contribution in [0.4, 0.5) is 0 Å². The molecular weight excluding hydrogens is 190 g/mol. The van der Waals surface area contributed by atoms with Gasteiger partial charge in [-0.05, 0) is 5.92 Å². The van der Waals surface area contributed by atoms with Gasteiger partial charge in [-0.25, -0.2) is 4.98 Å². The minimum absolute atomic E-state index is 0.255. The number of nitrogens with one attached hydrogen (secondary N) is 2. The number of rotatable bonds is 7. The molecule has 3 N–H and O–H groups in total. The summed E-state index contributed by atoms with van der Waals surface area (Å²) in [4.78, 5) is 7.11. The zero-order chi connectivity index (χ0) is 11.1. The number of imidazole rings is 1. The number of aromatic nitrogens is 2. The Bertz CT molecular complexity index is 244. The van der Waals surface area contributed by atoms with Crippen LogP contribution in [-0.4, -0.2) is 27.7 Å². The maximum absolute atomic E-state index is 9.84. The molecule has 1 atom stereocenters. The number of H-pyrrole nitrogens is 1. The Labute approximate surface area is 91.1 Å². The lowest BCUT2D eigenvalue weighted by Crippen LogP contribution is -2.32. The highest BCUT2D eigenvalue weighted by Crippen LogP contribution is 2.12. The first-order valence-corrected chi connectivity index (χ1v) is 5.64. The van der Waals surface area contributed by atoms with E-state index in [1.807, 2.05) is 0 Å². The van der Waals surface area contributed by atoms with E-state index in [9.17, 15) is 5.11 Å². The van der Waals surface area contributed by atoms with Crippen LogP contribution in [0.3, 0.4) is 0 Å². The minimum atomic E-state index is -0.255. The first-order chi connectivity index (χ1) is 7.27. The van der Waals surface area contributed by atoms with Crippen LogP contribution >= 0.6 is 0 Å². The molecule has 0 aromatic carbocycles. The van der Waals surface area contributed by atoms with Crippen LogP contribution in [-0.2, 0) is 6.54 Å². The summed E-state index contributed by atoms with van der Waals surface area (Å²) in [5, 5.41) is 13.0. The summed E-state index contributed by atoms with van der Waals surface area (Å²) < 4.78 is 0. The lowest BCUT2D eigenvalue weighted by Gasteiger charge is -2.20. The highest BCUT2D eigenvalue weighted by molar-refractivity contribution is 4.86. The largest absolute Gasteiger partial charge is 0.392 e. The molecule has 0 saturated carbocycles. The third-order valence-electron chi connectivity index (χ3n) is 2.79. The summed E-state index contributed by atoms with van der Waals surface area (Å²) in [6, 6.07) is 0. The van der Waals surface area contributed by atoms with Crippen LogP contribution < -0.4 is 5.32 Å². The van der Waals surface area contributed by atoms with Crippen LogP contribution in [0.15, 0.2) is 12.4 Å². The highest BCUT2D eigenvalue weighted by Gasteiger charge is 2.14. The van der Waals surface area contributed by atoms with E-state index in [0.717, 1.165) is 18.7 Å². The van der Waals surface area contributed by atoms with Crippen molar-refractivity contribution in [2.45, 2.75) is 39.3 Å². The van der Waals surface area contributed by atoms with E-state index in [-0.39, 0.29) is 6.10 Å². The fraction of sp³-hybridized carbons (Fsp3) is 0.727. The second-order valence-electron chi connectivity index (χ2n) is 3.81. The molecule has 0 saturated heterocycles. The Kier molecular flexibility index (Phi) is 5.36. The molecule has 1 rings (SSSR count). The molecule has 4 nitrogen and oxygen atoms in total. The van der Waals surface area contributed by atoms with Crippen molar-refractivity contribution >= 4 is 0 Å². The summed E-state index contributed by atoms with van der Waals surface area (Å²) in [5.74, 6) is 1.31. The molecule has 1 aromatic heterocycles. The van der Waals surface area contributed by atoms with Gasteiger partial charge in [-0.15, -0.1) is 0 Å². The Morgan fingerprint density at radius 3 is 2.73 bits per heavy atom.